The first-order valence-electron chi connectivity index (χ1n) is 7.03. The molecule has 0 radical (unpaired) electrons. The number of halogens is 2. The van der Waals surface area contributed by atoms with Gasteiger partial charge < -0.3 is 10.3 Å². The number of phenolic OH excluding ortho intramolecular Hbond substituents is 1. The Bertz CT molecular complexity index is 972. The predicted molar refractivity (Wildman–Crippen MR) is 119 cm³/mol. The second kappa shape index (κ2) is 10.0. The maximum Gasteiger partial charge on any atom is 0.366 e. The maximum absolute atomic E-state index is 10.9. The molecule has 0 bridgehead atoms. The molecular formula is C15H16I2N4O5S. The fourth-order valence-corrected chi connectivity index (χ4v) is 3.95. The number of hydrogen-bond donors (Lipinski definition) is 4. The number of guanidine groups is 1. The molecule has 0 saturated heterocycles. The van der Waals surface area contributed by atoms with Crippen molar-refractivity contribution in [3.05, 3.63) is 59.9 Å². The third kappa shape index (κ3) is 7.86. The lowest BCUT2D eigenvalue weighted by molar-refractivity contribution is -0.463. The Labute approximate surface area is 183 Å². The van der Waals surface area contributed by atoms with Crippen LogP contribution in [0.3, 0.4) is 0 Å². The average molecular weight is 618 g/mol. The van der Waals surface area contributed by atoms with Gasteiger partial charge in [0.05, 0.1) is 14.7 Å². The molecule has 0 unspecified atom stereocenters. The van der Waals surface area contributed by atoms with Gasteiger partial charge in [0.1, 0.15) is 5.75 Å². The van der Waals surface area contributed by atoms with Gasteiger partial charge in [-0.15, -0.1) is 9.95 Å². The zero-order valence-electron chi connectivity index (χ0n) is 13.9. The Morgan fingerprint density at radius 1 is 1.22 bits per heavy atom. The summed E-state index contributed by atoms with van der Waals surface area (Å²) in [6.07, 6.45) is 1.20. The lowest BCUT2D eigenvalue weighted by Gasteiger charge is -2.05. The van der Waals surface area contributed by atoms with Gasteiger partial charge in [-0.25, -0.2) is 0 Å². The Balaban J connectivity index is 0.000000289. The monoisotopic (exact) mass is 618 g/mol. The van der Waals surface area contributed by atoms with E-state index in [1.165, 1.54) is 18.3 Å². The summed E-state index contributed by atoms with van der Waals surface area (Å²) < 4.78 is 31.1. The van der Waals surface area contributed by atoms with Crippen LogP contribution in [0.1, 0.15) is 11.1 Å². The molecule has 2 aromatic rings. The predicted octanol–water partition coefficient (Wildman–Crippen LogP) is 1.96. The Morgan fingerprint density at radius 3 is 2.26 bits per heavy atom. The molecule has 0 aliphatic carbocycles. The van der Waals surface area contributed by atoms with E-state index < -0.39 is 16.1 Å². The number of nitrogens with zero attached hydrogens (tertiary/aromatic N) is 2. The molecule has 0 saturated carbocycles. The fraction of sp³-hybridized carbons (Fsp3) is 0.0667. The number of nitrogens with two attached hydrogens (primary N) is 2. The number of rotatable bonds is 3. The Hall–Kier alpha value is -1.65. The van der Waals surface area contributed by atoms with Gasteiger partial charge in [-0.2, -0.15) is 8.42 Å². The Kier molecular flexibility index (Phi) is 8.70. The first-order valence-corrected chi connectivity index (χ1v) is 10.6. The van der Waals surface area contributed by atoms with Gasteiger partial charge >= 0.3 is 5.96 Å². The van der Waals surface area contributed by atoms with Crippen LogP contribution in [0.15, 0.2) is 46.4 Å². The van der Waals surface area contributed by atoms with E-state index in [1.807, 2.05) is 29.5 Å². The molecule has 0 heterocycles. The number of hydrazone groups is 1. The van der Waals surface area contributed by atoms with Crippen molar-refractivity contribution in [2.45, 2.75) is 11.8 Å². The average Bonchev–Trinajstić information content (AvgIpc) is 2.56. The highest BCUT2D eigenvalue weighted by Crippen LogP contribution is 2.25. The van der Waals surface area contributed by atoms with Crippen molar-refractivity contribution in [1.82, 2.24) is 0 Å². The molecule has 6 N–H and O–H groups in total. The van der Waals surface area contributed by atoms with Crippen LogP contribution in [0.5, 0.6) is 5.75 Å². The van der Waals surface area contributed by atoms with E-state index in [1.54, 1.807) is 24.3 Å². The second-order valence-corrected chi connectivity index (χ2v) is 8.89. The third-order valence-electron chi connectivity index (χ3n) is 2.90. The lowest BCUT2D eigenvalue weighted by atomic mass is 10.2. The van der Waals surface area contributed by atoms with Crippen LogP contribution in [-0.4, -0.2) is 35.1 Å². The van der Waals surface area contributed by atoms with Crippen molar-refractivity contribution in [3.8, 4) is 5.75 Å². The maximum atomic E-state index is 10.9. The number of aryl methyl sites for hydroxylation is 1. The van der Waals surface area contributed by atoms with E-state index in [4.69, 9.17) is 16.0 Å². The Morgan fingerprint density at radius 2 is 1.78 bits per heavy atom. The van der Waals surface area contributed by atoms with E-state index in [-0.39, 0.29) is 15.5 Å². The van der Waals surface area contributed by atoms with Crippen LogP contribution in [0.4, 0.5) is 0 Å². The third-order valence-corrected chi connectivity index (χ3v) is 5.21. The van der Waals surface area contributed by atoms with Crippen LogP contribution in [-0.2, 0) is 10.1 Å². The number of hydrogen-bond acceptors (Lipinski definition) is 5. The molecular weight excluding hydrogens is 602 g/mol. The molecule has 0 amide bonds. The van der Waals surface area contributed by atoms with E-state index in [0.717, 1.165) is 9.13 Å². The summed E-state index contributed by atoms with van der Waals surface area (Å²) in [5, 5.41) is 24.1. The SMILES string of the molecule is Cc1ccc(S(=O)(=O)O)cc1.NC(N)=[N+]([O-])/N=C/c1cc(I)cc(I)c1O. The number of benzene rings is 2. The van der Waals surface area contributed by atoms with Crippen molar-refractivity contribution >= 4 is 67.5 Å². The van der Waals surface area contributed by atoms with E-state index in [2.05, 4.69) is 27.7 Å². The molecule has 0 aliphatic heterocycles. The van der Waals surface area contributed by atoms with E-state index in [0.29, 0.717) is 9.13 Å². The molecule has 0 aromatic heterocycles. The molecule has 146 valence electrons. The topological polar surface area (TPSA) is 165 Å². The van der Waals surface area contributed by atoms with Crippen molar-refractivity contribution in [1.29, 1.82) is 0 Å². The van der Waals surface area contributed by atoms with Gasteiger partial charge in [0.2, 0.25) is 0 Å². The van der Waals surface area contributed by atoms with Gasteiger partial charge in [-0.05, 0) is 76.4 Å². The normalized spacial score (nSPS) is 11.0. The standard InChI is InChI=1S/C8H8I2N4O2.C7H8O3S/c9-5-1-4(7(15)6(10)2-5)3-13-14(16)8(11)12;1-6-2-4-7(5-3-6)11(8,9)10/h1-3,15H,11-12H2;2-5H,1H3,(H,8,9,10)/b13-3+;. The largest absolute Gasteiger partial charge is 0.722 e. The first-order chi connectivity index (χ1) is 12.4. The molecule has 0 aliphatic rings. The van der Waals surface area contributed by atoms with Gasteiger partial charge in [0.25, 0.3) is 10.1 Å². The first kappa shape index (κ1) is 23.4. The summed E-state index contributed by atoms with van der Waals surface area (Å²) in [5.74, 6) is -0.398. The van der Waals surface area contributed by atoms with E-state index in [9.17, 15) is 18.7 Å². The molecule has 2 aromatic carbocycles. The summed E-state index contributed by atoms with van der Waals surface area (Å²) in [6, 6.07) is 9.47. The summed E-state index contributed by atoms with van der Waals surface area (Å²) in [4.78, 5) is 0.00899. The van der Waals surface area contributed by atoms with Gasteiger partial charge in [-0.1, -0.05) is 17.7 Å². The van der Waals surface area contributed by atoms with Crippen molar-refractivity contribution < 1.29 is 22.9 Å². The van der Waals surface area contributed by atoms with Crippen LogP contribution in [0.25, 0.3) is 0 Å². The molecule has 12 heteroatoms. The minimum Gasteiger partial charge on any atom is -0.722 e. The highest BCUT2D eigenvalue weighted by atomic mass is 127. The molecule has 9 nitrogen and oxygen atoms in total. The number of aromatic hydroxyl groups is 1. The quantitative estimate of drug-likeness (QED) is 0.0777. The van der Waals surface area contributed by atoms with Crippen LogP contribution < -0.4 is 11.5 Å². The van der Waals surface area contributed by atoms with Gasteiger partial charge in [-0.3, -0.25) is 16.0 Å². The van der Waals surface area contributed by atoms with Crippen LogP contribution in [0, 0.1) is 19.3 Å². The van der Waals surface area contributed by atoms with Crippen LogP contribution in [0.2, 0.25) is 0 Å². The fourth-order valence-electron chi connectivity index (χ4n) is 1.58. The van der Waals surface area contributed by atoms with E-state index >= 15 is 0 Å². The molecule has 27 heavy (non-hydrogen) atoms. The summed E-state index contributed by atoms with van der Waals surface area (Å²) in [6.45, 7) is 1.84. The molecule has 0 atom stereocenters. The van der Waals surface area contributed by atoms with Crippen molar-refractivity contribution in [2.75, 3.05) is 0 Å². The summed E-state index contributed by atoms with van der Waals surface area (Å²) >= 11 is 4.08. The zero-order valence-corrected chi connectivity index (χ0v) is 19.0. The zero-order chi connectivity index (χ0) is 20.8. The highest BCUT2D eigenvalue weighted by molar-refractivity contribution is 14.1. The molecule has 0 fully saturated rings. The minimum absolute atomic E-state index is 0.0637. The van der Waals surface area contributed by atoms with Gasteiger partial charge in [0, 0.05) is 9.13 Å². The van der Waals surface area contributed by atoms with Crippen molar-refractivity contribution in [3.63, 3.8) is 0 Å². The summed E-state index contributed by atoms with van der Waals surface area (Å²) in [7, 11) is -4.02. The minimum atomic E-state index is -4.02. The van der Waals surface area contributed by atoms with Crippen LogP contribution >= 0.6 is 45.2 Å². The lowest BCUT2D eigenvalue weighted by Crippen LogP contribution is -2.30. The molecule has 2 rings (SSSR count). The highest BCUT2D eigenvalue weighted by Gasteiger charge is 2.07. The van der Waals surface area contributed by atoms with Crippen molar-refractivity contribution in [2.24, 2.45) is 16.6 Å². The smallest absolute Gasteiger partial charge is 0.366 e. The van der Waals surface area contributed by atoms with Gasteiger partial charge in [0.15, 0.2) is 0 Å². The second-order valence-electron chi connectivity index (χ2n) is 5.06. The summed E-state index contributed by atoms with van der Waals surface area (Å²) in [5.41, 5.74) is 11.4. The number of phenols is 1. The molecule has 0 spiro atoms.